The number of carbonyl (C=O) groups is 1. The molecule has 1 atom stereocenters. The second kappa shape index (κ2) is 5.31. The number of nitrogens with one attached hydrogen (secondary N) is 1. The number of methoxy groups -OCH3 is 1. The van der Waals surface area contributed by atoms with Crippen LogP contribution >= 0.6 is 0 Å². The lowest BCUT2D eigenvalue weighted by molar-refractivity contribution is -0.139. The third kappa shape index (κ3) is 3.55. The van der Waals surface area contributed by atoms with Crippen LogP contribution in [0.15, 0.2) is 18.2 Å². The molecule has 1 unspecified atom stereocenters. The molecular weight excluding hydrogens is 196 g/mol. The first-order chi connectivity index (χ1) is 7.13. The van der Waals surface area contributed by atoms with E-state index in [1.807, 2.05) is 12.1 Å². The molecule has 1 rings (SSSR count). The van der Waals surface area contributed by atoms with Gasteiger partial charge in [0.2, 0.25) is 5.88 Å². The molecule has 0 aliphatic carbocycles. The lowest BCUT2D eigenvalue weighted by Gasteiger charge is -2.08. The molecule has 1 aromatic rings. The molecule has 1 heterocycles. The fourth-order valence-corrected chi connectivity index (χ4v) is 1.01. The molecule has 2 N–H and O–H groups in total. The van der Waals surface area contributed by atoms with E-state index in [1.165, 1.54) is 0 Å². The van der Waals surface area contributed by atoms with Gasteiger partial charge in [-0.25, -0.2) is 4.98 Å². The summed E-state index contributed by atoms with van der Waals surface area (Å²) >= 11 is 0. The van der Waals surface area contributed by atoms with E-state index >= 15 is 0 Å². The van der Waals surface area contributed by atoms with Gasteiger partial charge in [0.1, 0.15) is 6.04 Å². The van der Waals surface area contributed by atoms with Crippen molar-refractivity contribution in [3.63, 3.8) is 0 Å². The summed E-state index contributed by atoms with van der Waals surface area (Å²) in [5, 5.41) is 11.5. The number of rotatable bonds is 5. The molecule has 0 radical (unpaired) electrons. The number of hydrogen-bond acceptors (Lipinski definition) is 4. The molecule has 5 heteroatoms. The molecule has 0 aromatic carbocycles. The highest BCUT2D eigenvalue weighted by Crippen LogP contribution is 2.06. The topological polar surface area (TPSA) is 71.5 Å². The highest BCUT2D eigenvalue weighted by Gasteiger charge is 2.09. The summed E-state index contributed by atoms with van der Waals surface area (Å²) in [5.74, 6) is -0.352. The minimum atomic E-state index is -0.877. The van der Waals surface area contributed by atoms with Crippen LogP contribution in [0.5, 0.6) is 5.88 Å². The van der Waals surface area contributed by atoms with Gasteiger partial charge in [0, 0.05) is 12.6 Å². The van der Waals surface area contributed by atoms with Crippen molar-refractivity contribution in [2.75, 3.05) is 7.11 Å². The van der Waals surface area contributed by atoms with Crippen molar-refractivity contribution < 1.29 is 14.6 Å². The van der Waals surface area contributed by atoms with Crippen molar-refractivity contribution in [2.24, 2.45) is 0 Å². The Labute approximate surface area is 88.1 Å². The highest BCUT2D eigenvalue weighted by molar-refractivity contribution is 5.72. The monoisotopic (exact) mass is 210 g/mol. The third-order valence-electron chi connectivity index (χ3n) is 1.95. The summed E-state index contributed by atoms with van der Waals surface area (Å²) in [6.07, 6.45) is 0. The lowest BCUT2D eigenvalue weighted by atomic mass is 10.3. The molecule has 0 bridgehead atoms. The maximum absolute atomic E-state index is 10.5. The quantitative estimate of drug-likeness (QED) is 0.746. The predicted molar refractivity (Wildman–Crippen MR) is 54.7 cm³/mol. The van der Waals surface area contributed by atoms with Gasteiger partial charge in [0.15, 0.2) is 0 Å². The zero-order valence-corrected chi connectivity index (χ0v) is 8.73. The van der Waals surface area contributed by atoms with E-state index in [2.05, 4.69) is 10.3 Å². The van der Waals surface area contributed by atoms with Crippen LogP contribution in [0.25, 0.3) is 0 Å². The first-order valence-electron chi connectivity index (χ1n) is 4.59. The van der Waals surface area contributed by atoms with Crippen LogP contribution in [0.1, 0.15) is 12.6 Å². The summed E-state index contributed by atoms with van der Waals surface area (Å²) in [6.45, 7) is 1.99. The molecule has 82 valence electrons. The second-order valence-corrected chi connectivity index (χ2v) is 3.11. The van der Waals surface area contributed by atoms with E-state index in [9.17, 15) is 4.79 Å². The number of aliphatic carboxylic acids is 1. The van der Waals surface area contributed by atoms with Gasteiger partial charge in [0.05, 0.1) is 12.8 Å². The Hall–Kier alpha value is -1.62. The number of ether oxygens (including phenoxy) is 1. The van der Waals surface area contributed by atoms with E-state index in [1.54, 1.807) is 20.1 Å². The Kier molecular flexibility index (Phi) is 4.05. The number of pyridine rings is 1. The summed E-state index contributed by atoms with van der Waals surface area (Å²) in [5.41, 5.74) is 0.752. The van der Waals surface area contributed by atoms with Crippen LogP contribution in [-0.2, 0) is 11.3 Å². The summed E-state index contributed by atoms with van der Waals surface area (Å²) < 4.78 is 4.95. The third-order valence-corrected chi connectivity index (χ3v) is 1.95. The maximum atomic E-state index is 10.5. The number of aromatic nitrogens is 1. The standard InChI is InChI=1S/C10H14N2O3/c1-7(10(13)14)11-6-8-4-3-5-9(12-8)15-2/h3-5,7,11H,6H2,1-2H3,(H,13,14). The van der Waals surface area contributed by atoms with Crippen molar-refractivity contribution in [3.05, 3.63) is 23.9 Å². The molecule has 0 aliphatic heterocycles. The van der Waals surface area contributed by atoms with E-state index in [-0.39, 0.29) is 0 Å². The number of carboxylic acids is 1. The molecule has 0 saturated heterocycles. The second-order valence-electron chi connectivity index (χ2n) is 3.11. The normalized spacial score (nSPS) is 12.1. The Morgan fingerprint density at radius 2 is 2.40 bits per heavy atom. The van der Waals surface area contributed by atoms with Crippen LogP contribution in [0, 0.1) is 0 Å². The van der Waals surface area contributed by atoms with Crippen molar-refractivity contribution in [1.82, 2.24) is 10.3 Å². The largest absolute Gasteiger partial charge is 0.481 e. The van der Waals surface area contributed by atoms with Crippen molar-refractivity contribution in [2.45, 2.75) is 19.5 Å². The molecule has 5 nitrogen and oxygen atoms in total. The molecule has 0 amide bonds. The van der Waals surface area contributed by atoms with E-state index in [0.29, 0.717) is 12.4 Å². The number of carboxylic acid groups (broad SMARTS) is 1. The zero-order valence-electron chi connectivity index (χ0n) is 8.73. The van der Waals surface area contributed by atoms with Gasteiger partial charge < -0.3 is 9.84 Å². The Morgan fingerprint density at radius 1 is 1.67 bits per heavy atom. The van der Waals surface area contributed by atoms with Gasteiger partial charge in [-0.1, -0.05) is 6.07 Å². The molecule has 0 aliphatic rings. The molecule has 0 saturated carbocycles. The van der Waals surface area contributed by atoms with Crippen molar-refractivity contribution in [1.29, 1.82) is 0 Å². The first kappa shape index (κ1) is 11.5. The average Bonchev–Trinajstić information content (AvgIpc) is 2.26. The summed E-state index contributed by atoms with van der Waals surface area (Å²) in [6, 6.07) is 4.78. The van der Waals surface area contributed by atoms with Crippen LogP contribution in [0.2, 0.25) is 0 Å². The van der Waals surface area contributed by atoms with Gasteiger partial charge in [-0.05, 0) is 13.0 Å². The van der Waals surface area contributed by atoms with Crippen LogP contribution < -0.4 is 10.1 Å². The number of nitrogens with zero attached hydrogens (tertiary/aromatic N) is 1. The smallest absolute Gasteiger partial charge is 0.320 e. The van der Waals surface area contributed by atoms with E-state index < -0.39 is 12.0 Å². The van der Waals surface area contributed by atoms with E-state index in [4.69, 9.17) is 9.84 Å². The summed E-state index contributed by atoms with van der Waals surface area (Å²) in [7, 11) is 1.54. The molecule has 15 heavy (non-hydrogen) atoms. The average molecular weight is 210 g/mol. The molecule has 1 aromatic heterocycles. The zero-order chi connectivity index (χ0) is 11.3. The molecule has 0 fully saturated rings. The lowest BCUT2D eigenvalue weighted by Crippen LogP contribution is -2.33. The van der Waals surface area contributed by atoms with Crippen molar-refractivity contribution in [3.8, 4) is 5.88 Å². The molecular formula is C10H14N2O3. The Bertz CT molecular complexity index is 341. The fraction of sp³-hybridized carbons (Fsp3) is 0.400. The van der Waals surface area contributed by atoms with Gasteiger partial charge in [-0.15, -0.1) is 0 Å². The van der Waals surface area contributed by atoms with Crippen molar-refractivity contribution >= 4 is 5.97 Å². The maximum Gasteiger partial charge on any atom is 0.320 e. The SMILES string of the molecule is COc1cccc(CNC(C)C(=O)O)n1. The first-order valence-corrected chi connectivity index (χ1v) is 4.59. The van der Waals surface area contributed by atoms with Gasteiger partial charge in [-0.3, -0.25) is 10.1 Å². The van der Waals surface area contributed by atoms with Crippen LogP contribution in [-0.4, -0.2) is 29.2 Å². The number of hydrogen-bond donors (Lipinski definition) is 2. The predicted octanol–water partition coefficient (Wildman–Crippen LogP) is 0.653. The van der Waals surface area contributed by atoms with Crippen LogP contribution in [0.4, 0.5) is 0 Å². The minimum Gasteiger partial charge on any atom is -0.481 e. The Balaban J connectivity index is 2.53. The summed E-state index contributed by atoms with van der Waals surface area (Å²) in [4.78, 5) is 14.7. The van der Waals surface area contributed by atoms with Gasteiger partial charge >= 0.3 is 5.97 Å². The van der Waals surface area contributed by atoms with Gasteiger partial charge in [-0.2, -0.15) is 0 Å². The van der Waals surface area contributed by atoms with Gasteiger partial charge in [0.25, 0.3) is 0 Å². The Morgan fingerprint density at radius 3 is 3.00 bits per heavy atom. The highest BCUT2D eigenvalue weighted by atomic mass is 16.5. The van der Waals surface area contributed by atoms with E-state index in [0.717, 1.165) is 5.69 Å². The minimum absolute atomic E-state index is 0.407. The van der Waals surface area contributed by atoms with Crippen LogP contribution in [0.3, 0.4) is 0 Å². The fourth-order valence-electron chi connectivity index (χ4n) is 1.01. The molecule has 0 spiro atoms.